The lowest BCUT2D eigenvalue weighted by atomic mass is 9.96. The summed E-state index contributed by atoms with van der Waals surface area (Å²) in [7, 11) is 0. The van der Waals surface area contributed by atoms with E-state index in [0.717, 1.165) is 11.1 Å². The highest BCUT2D eigenvalue weighted by Gasteiger charge is 2.47. The van der Waals surface area contributed by atoms with Crippen LogP contribution in [-0.4, -0.2) is 20.0 Å². The van der Waals surface area contributed by atoms with Crippen molar-refractivity contribution >= 4 is 22.3 Å². The molecular formula is C22H33F3N2OS. The predicted octanol–water partition coefficient (Wildman–Crippen LogP) is 6.47. The van der Waals surface area contributed by atoms with Crippen molar-refractivity contribution in [1.82, 2.24) is 9.29 Å². The summed E-state index contributed by atoms with van der Waals surface area (Å²) in [6.07, 6.45) is -3.00. The number of fused-ring (bicyclic) bond motifs is 1. The van der Waals surface area contributed by atoms with Crippen LogP contribution in [-0.2, 0) is 17.9 Å². The van der Waals surface area contributed by atoms with Gasteiger partial charge < -0.3 is 9.12 Å². The van der Waals surface area contributed by atoms with Crippen molar-refractivity contribution in [2.75, 3.05) is 0 Å². The first-order chi connectivity index (χ1) is 13.0. The smallest absolute Gasteiger partial charge is 0.412 e. The second-order valence-electron chi connectivity index (χ2n) is 10.2. The van der Waals surface area contributed by atoms with E-state index in [0.29, 0.717) is 11.9 Å². The van der Waals surface area contributed by atoms with Crippen LogP contribution >= 0.6 is 0 Å². The molecule has 1 aromatic heterocycles. The Labute approximate surface area is 175 Å². The van der Waals surface area contributed by atoms with E-state index in [1.54, 1.807) is 33.0 Å². The highest BCUT2D eigenvalue weighted by molar-refractivity contribution is 7.90. The molecule has 0 aliphatic rings. The molecule has 0 unspecified atom stereocenters. The van der Waals surface area contributed by atoms with Crippen LogP contribution in [0.3, 0.4) is 0 Å². The Kier molecular flexibility index (Phi) is 6.78. The minimum atomic E-state index is -4.57. The molecule has 0 saturated heterocycles. The molecule has 1 heterocycles. The Balaban J connectivity index is 2.67. The van der Waals surface area contributed by atoms with E-state index in [1.807, 2.05) is 16.7 Å². The maximum absolute atomic E-state index is 14.0. The lowest BCUT2D eigenvalue weighted by Gasteiger charge is -2.29. The minimum absolute atomic E-state index is 0.105. The van der Waals surface area contributed by atoms with Gasteiger partial charge in [-0.05, 0) is 43.7 Å². The molecule has 2 aromatic rings. The van der Waals surface area contributed by atoms with Gasteiger partial charge in [-0.15, -0.1) is 4.72 Å². The Bertz CT molecular complexity index is 845. The number of hydrogen-bond donors (Lipinski definition) is 1. The number of nitrogens with zero attached hydrogens (tertiary/aromatic N) is 1. The molecule has 7 heteroatoms. The molecule has 0 radical (unpaired) electrons. The van der Waals surface area contributed by atoms with Crippen LogP contribution in [0.15, 0.2) is 24.4 Å². The molecule has 0 saturated carbocycles. The highest BCUT2D eigenvalue weighted by atomic mass is 32.2. The zero-order valence-electron chi connectivity index (χ0n) is 18.6. The topological polar surface area (TPSA) is 40.0 Å². The van der Waals surface area contributed by atoms with Gasteiger partial charge in [0, 0.05) is 40.6 Å². The van der Waals surface area contributed by atoms with Crippen LogP contribution in [0.2, 0.25) is 0 Å². The fourth-order valence-corrected chi connectivity index (χ4v) is 3.99. The standard InChI is InChI=1S/C22H33F3N2OS/c1-14(2)15-9-10-16-17(12-27(18(16)11-15)13-20(3,4)5)19(22(23,24)25)26-29(28)21(6,7)8/h9-12,14,19,26H,13H2,1-8H3/t19-,29-/m0/s1. The fourth-order valence-electron chi connectivity index (χ4n) is 3.16. The summed E-state index contributed by atoms with van der Waals surface area (Å²) in [6, 6.07) is 3.62. The number of benzene rings is 1. The second kappa shape index (κ2) is 8.16. The van der Waals surface area contributed by atoms with E-state index in [2.05, 4.69) is 39.3 Å². The molecule has 3 nitrogen and oxygen atoms in total. The number of aromatic nitrogens is 1. The van der Waals surface area contributed by atoms with Gasteiger partial charge in [-0.2, -0.15) is 13.2 Å². The Morgan fingerprint density at radius 1 is 1.07 bits per heavy atom. The van der Waals surface area contributed by atoms with Crippen LogP contribution in [0.25, 0.3) is 10.9 Å². The van der Waals surface area contributed by atoms with E-state index in [4.69, 9.17) is 0 Å². The molecule has 0 aliphatic heterocycles. The lowest BCUT2D eigenvalue weighted by Crippen LogP contribution is -2.45. The van der Waals surface area contributed by atoms with Gasteiger partial charge in [0.15, 0.2) is 6.04 Å². The molecular weight excluding hydrogens is 397 g/mol. The number of nitrogens with one attached hydrogen (secondary N) is 1. The second-order valence-corrected chi connectivity index (χ2v) is 12.2. The zero-order valence-corrected chi connectivity index (χ0v) is 19.4. The van der Waals surface area contributed by atoms with Crippen LogP contribution in [0.5, 0.6) is 0 Å². The van der Waals surface area contributed by atoms with Gasteiger partial charge in [0.05, 0.1) is 0 Å². The van der Waals surface area contributed by atoms with Crippen LogP contribution < -0.4 is 4.72 Å². The molecule has 2 rings (SSSR count). The molecule has 1 N–H and O–H groups in total. The first kappa shape index (κ1) is 24.1. The molecule has 0 amide bonds. The van der Waals surface area contributed by atoms with Crippen molar-refractivity contribution in [1.29, 1.82) is 0 Å². The summed E-state index contributed by atoms with van der Waals surface area (Å²) >= 11 is -1.86. The zero-order chi connectivity index (χ0) is 22.4. The van der Waals surface area contributed by atoms with Crippen LogP contribution in [0, 0.1) is 5.41 Å². The maximum atomic E-state index is 14.0. The normalized spacial score (nSPS) is 15.9. The quantitative estimate of drug-likeness (QED) is 0.553. The lowest BCUT2D eigenvalue weighted by molar-refractivity contribution is -0.152. The van der Waals surface area contributed by atoms with Crippen molar-refractivity contribution < 1.29 is 17.7 Å². The summed E-state index contributed by atoms with van der Waals surface area (Å²) in [6.45, 7) is 15.8. The molecule has 2 atom stereocenters. The van der Waals surface area contributed by atoms with Crippen molar-refractivity contribution in [3.05, 3.63) is 35.5 Å². The third kappa shape index (κ3) is 5.92. The molecule has 164 valence electrons. The van der Waals surface area contributed by atoms with Crippen LogP contribution in [0.1, 0.15) is 78.5 Å². The molecule has 0 bridgehead atoms. The summed E-state index contributed by atoms with van der Waals surface area (Å²) < 4.78 is 58.0. The highest BCUT2D eigenvalue weighted by Crippen LogP contribution is 2.40. The monoisotopic (exact) mass is 430 g/mol. The first-order valence-corrected chi connectivity index (χ1v) is 11.0. The van der Waals surface area contributed by atoms with E-state index < -0.39 is 28.3 Å². The van der Waals surface area contributed by atoms with E-state index in [-0.39, 0.29) is 16.9 Å². The third-order valence-electron chi connectivity index (χ3n) is 4.67. The van der Waals surface area contributed by atoms with Gasteiger partial charge in [0.1, 0.15) is 4.75 Å². The predicted molar refractivity (Wildman–Crippen MR) is 115 cm³/mol. The van der Waals surface area contributed by atoms with Gasteiger partial charge in [0.25, 0.3) is 0 Å². The largest absolute Gasteiger partial charge is 0.598 e. The first-order valence-electron chi connectivity index (χ1n) is 9.88. The number of alkyl halides is 3. The van der Waals surface area contributed by atoms with Crippen molar-refractivity contribution in [3.8, 4) is 0 Å². The average Bonchev–Trinajstić information content (AvgIpc) is 2.86. The minimum Gasteiger partial charge on any atom is -0.598 e. The number of rotatable bonds is 5. The van der Waals surface area contributed by atoms with E-state index >= 15 is 0 Å². The Morgan fingerprint density at radius 3 is 2.10 bits per heavy atom. The van der Waals surface area contributed by atoms with E-state index in [9.17, 15) is 17.7 Å². The summed E-state index contributed by atoms with van der Waals surface area (Å²) in [5, 5.41) is 0.541. The number of hydrogen-bond acceptors (Lipinski definition) is 2. The van der Waals surface area contributed by atoms with Gasteiger partial charge in [-0.3, -0.25) is 0 Å². The van der Waals surface area contributed by atoms with Crippen molar-refractivity contribution in [3.63, 3.8) is 0 Å². The molecule has 1 aromatic carbocycles. The van der Waals surface area contributed by atoms with E-state index in [1.165, 1.54) is 0 Å². The van der Waals surface area contributed by atoms with Crippen molar-refractivity contribution in [2.45, 2.75) is 84.8 Å². The molecule has 0 spiro atoms. The third-order valence-corrected chi connectivity index (χ3v) is 6.23. The molecule has 0 fully saturated rings. The summed E-state index contributed by atoms with van der Waals surface area (Å²) in [4.78, 5) is 0. The average molecular weight is 431 g/mol. The van der Waals surface area contributed by atoms with Gasteiger partial charge in [0.2, 0.25) is 0 Å². The van der Waals surface area contributed by atoms with Crippen LogP contribution in [0.4, 0.5) is 13.2 Å². The van der Waals surface area contributed by atoms with Crippen molar-refractivity contribution in [2.24, 2.45) is 5.41 Å². The molecule has 29 heavy (non-hydrogen) atoms. The van der Waals surface area contributed by atoms with Gasteiger partial charge in [-0.1, -0.05) is 46.8 Å². The summed E-state index contributed by atoms with van der Waals surface area (Å²) in [5.74, 6) is 0.269. The summed E-state index contributed by atoms with van der Waals surface area (Å²) in [5.41, 5.74) is 1.86. The molecule has 0 aliphatic carbocycles. The maximum Gasteiger partial charge on any atom is 0.412 e. The van der Waals surface area contributed by atoms with Gasteiger partial charge >= 0.3 is 6.18 Å². The fraction of sp³-hybridized carbons (Fsp3) is 0.636. The SMILES string of the molecule is CC(C)c1ccc2c([C@H](N[S@@+]([O-])C(C)(C)C)C(F)(F)F)cn(CC(C)(C)C)c2c1. The van der Waals surface area contributed by atoms with Gasteiger partial charge in [-0.25, -0.2) is 0 Å². The number of halogens is 3. The Morgan fingerprint density at radius 2 is 1.66 bits per heavy atom. The Hall–Kier alpha value is -1.18.